The van der Waals surface area contributed by atoms with Crippen LogP contribution < -0.4 is 5.32 Å². The number of amides is 2. The second kappa shape index (κ2) is 16.2. The first-order valence-corrected chi connectivity index (χ1v) is 19.2. The standard InChI is InChI=1S/C36H46N4O6S2/c1-4-19-39(20-5-2)35(42)32-30-18-22-38(23-26-11-8-7-9-12-26)25-31(30)47-34(32)37-33(41)27-14-16-29(17-15-27)48(44,45)40-21-10-13-28(24-40)36(43)46-6-3/h7-9,11-12,14-17,28H,4-6,10,13,18-25H2,1-3H3,(H,37,41). The number of thiophene rings is 1. The van der Waals surface area contributed by atoms with Crippen molar-refractivity contribution >= 4 is 44.1 Å². The van der Waals surface area contributed by atoms with Gasteiger partial charge in [-0.05, 0) is 74.4 Å². The Morgan fingerprint density at radius 1 is 0.979 bits per heavy atom. The monoisotopic (exact) mass is 694 g/mol. The molecule has 2 aromatic carbocycles. The molecule has 0 aliphatic carbocycles. The lowest BCUT2D eigenvalue weighted by Gasteiger charge is -2.30. The van der Waals surface area contributed by atoms with E-state index < -0.39 is 21.8 Å². The summed E-state index contributed by atoms with van der Waals surface area (Å²) < 4.78 is 33.4. The molecule has 1 aromatic heterocycles. The number of esters is 1. The van der Waals surface area contributed by atoms with Crippen molar-refractivity contribution in [3.63, 3.8) is 0 Å². The average molecular weight is 695 g/mol. The van der Waals surface area contributed by atoms with Crippen LogP contribution in [0.1, 0.15) is 83.2 Å². The first-order chi connectivity index (χ1) is 23.2. The number of rotatable bonds is 13. The molecule has 1 unspecified atom stereocenters. The summed E-state index contributed by atoms with van der Waals surface area (Å²) in [6.45, 7) is 10.0. The van der Waals surface area contributed by atoms with E-state index >= 15 is 0 Å². The molecule has 2 aliphatic rings. The van der Waals surface area contributed by atoms with Gasteiger partial charge in [0.25, 0.3) is 11.8 Å². The Hall–Kier alpha value is -3.58. The van der Waals surface area contributed by atoms with Gasteiger partial charge in [0.15, 0.2) is 0 Å². The summed E-state index contributed by atoms with van der Waals surface area (Å²) in [6, 6.07) is 16.1. The van der Waals surface area contributed by atoms with Crippen LogP contribution in [0.2, 0.25) is 0 Å². The van der Waals surface area contributed by atoms with E-state index in [4.69, 9.17) is 4.74 Å². The molecule has 3 aromatic rings. The lowest BCUT2D eigenvalue weighted by Crippen LogP contribution is -2.42. The molecule has 2 amide bonds. The third-order valence-corrected chi connectivity index (χ3v) is 11.9. The molecule has 0 bridgehead atoms. The zero-order valence-electron chi connectivity index (χ0n) is 28.1. The van der Waals surface area contributed by atoms with Crippen LogP contribution in [0.15, 0.2) is 59.5 Å². The van der Waals surface area contributed by atoms with E-state index in [9.17, 15) is 22.8 Å². The first kappa shape index (κ1) is 35.7. The predicted molar refractivity (Wildman–Crippen MR) is 188 cm³/mol. The lowest BCUT2D eigenvalue weighted by molar-refractivity contribution is -0.149. The number of ether oxygens (including phenoxy) is 1. The Bertz CT molecular complexity index is 1680. The van der Waals surface area contributed by atoms with Crippen molar-refractivity contribution in [2.24, 2.45) is 5.92 Å². The Labute approximate surface area is 288 Å². The molecule has 258 valence electrons. The molecule has 1 N–H and O–H groups in total. The quantitative estimate of drug-likeness (QED) is 0.226. The Kier molecular flexibility index (Phi) is 12.1. The molecule has 2 aliphatic heterocycles. The number of piperidine rings is 1. The lowest BCUT2D eigenvalue weighted by atomic mass is 10.0. The van der Waals surface area contributed by atoms with Gasteiger partial charge >= 0.3 is 5.97 Å². The van der Waals surface area contributed by atoms with Crippen molar-refractivity contribution in [1.82, 2.24) is 14.1 Å². The van der Waals surface area contributed by atoms with Crippen LogP contribution in [-0.4, -0.2) is 79.6 Å². The smallest absolute Gasteiger partial charge is 0.310 e. The maximum Gasteiger partial charge on any atom is 0.310 e. The number of nitrogens with zero attached hydrogens (tertiary/aromatic N) is 3. The number of hydrogen-bond donors (Lipinski definition) is 1. The number of sulfonamides is 1. The molecule has 3 heterocycles. The highest BCUT2D eigenvalue weighted by atomic mass is 32.2. The van der Waals surface area contributed by atoms with Gasteiger partial charge in [-0.2, -0.15) is 4.31 Å². The van der Waals surface area contributed by atoms with Gasteiger partial charge in [0.05, 0.1) is 23.0 Å². The van der Waals surface area contributed by atoms with Gasteiger partial charge in [0.1, 0.15) is 5.00 Å². The minimum Gasteiger partial charge on any atom is -0.466 e. The minimum atomic E-state index is -3.87. The first-order valence-electron chi connectivity index (χ1n) is 16.9. The number of benzene rings is 2. The van der Waals surface area contributed by atoms with Gasteiger partial charge in [-0.3, -0.25) is 19.3 Å². The normalized spacial score (nSPS) is 17.0. The molecule has 0 saturated carbocycles. The van der Waals surface area contributed by atoms with E-state index in [-0.39, 0.29) is 35.5 Å². The summed E-state index contributed by atoms with van der Waals surface area (Å²) >= 11 is 1.45. The fourth-order valence-corrected chi connectivity index (χ4v) is 9.28. The summed E-state index contributed by atoms with van der Waals surface area (Å²) in [5.41, 5.74) is 3.09. The largest absolute Gasteiger partial charge is 0.466 e. The molecule has 0 spiro atoms. The highest BCUT2D eigenvalue weighted by Gasteiger charge is 2.35. The maximum absolute atomic E-state index is 14.0. The molecule has 0 radical (unpaired) electrons. The van der Waals surface area contributed by atoms with E-state index in [0.717, 1.165) is 36.4 Å². The fourth-order valence-electron chi connectivity index (χ4n) is 6.48. The van der Waals surface area contributed by atoms with Gasteiger partial charge in [-0.1, -0.05) is 44.2 Å². The summed E-state index contributed by atoms with van der Waals surface area (Å²) in [5, 5.41) is 3.55. The number of hydrogen-bond acceptors (Lipinski definition) is 8. The molecular weight excluding hydrogens is 649 g/mol. The van der Waals surface area contributed by atoms with E-state index in [1.54, 1.807) is 6.92 Å². The third-order valence-electron chi connectivity index (χ3n) is 8.86. The van der Waals surface area contributed by atoms with Crippen LogP contribution in [0.25, 0.3) is 0 Å². The Balaban J connectivity index is 1.36. The van der Waals surface area contributed by atoms with Crippen molar-refractivity contribution in [2.75, 3.05) is 44.6 Å². The van der Waals surface area contributed by atoms with E-state index in [2.05, 4.69) is 36.2 Å². The number of fused-ring (bicyclic) bond motifs is 1. The third kappa shape index (κ3) is 8.16. The average Bonchev–Trinajstić information content (AvgIpc) is 3.45. The van der Waals surface area contributed by atoms with Gasteiger partial charge in [0.2, 0.25) is 10.0 Å². The Morgan fingerprint density at radius 3 is 2.35 bits per heavy atom. The number of anilines is 1. The highest BCUT2D eigenvalue weighted by Crippen LogP contribution is 2.39. The summed E-state index contributed by atoms with van der Waals surface area (Å²) in [7, 11) is -3.87. The van der Waals surface area contributed by atoms with Crippen LogP contribution in [-0.2, 0) is 39.1 Å². The van der Waals surface area contributed by atoms with E-state index in [0.29, 0.717) is 56.0 Å². The molecular formula is C36H46N4O6S2. The van der Waals surface area contributed by atoms with Crippen molar-refractivity contribution in [1.29, 1.82) is 0 Å². The summed E-state index contributed by atoms with van der Waals surface area (Å²) in [6.07, 6.45) is 3.52. The molecule has 48 heavy (non-hydrogen) atoms. The van der Waals surface area contributed by atoms with Crippen molar-refractivity contribution in [3.8, 4) is 0 Å². The van der Waals surface area contributed by atoms with Gasteiger partial charge in [0, 0.05) is 56.3 Å². The number of nitrogens with one attached hydrogen (secondary N) is 1. The van der Waals surface area contributed by atoms with E-state index in [1.165, 1.54) is 45.5 Å². The zero-order valence-corrected chi connectivity index (χ0v) is 29.7. The predicted octanol–water partition coefficient (Wildman–Crippen LogP) is 5.78. The highest BCUT2D eigenvalue weighted by molar-refractivity contribution is 7.89. The van der Waals surface area contributed by atoms with Gasteiger partial charge in [-0.25, -0.2) is 8.42 Å². The SMILES string of the molecule is CCCN(CCC)C(=O)c1c(NC(=O)c2ccc(S(=O)(=O)N3CCCC(C(=O)OCC)C3)cc2)sc2c1CCN(Cc1ccccc1)C2. The number of carbonyl (C=O) groups excluding carboxylic acids is 3. The van der Waals surface area contributed by atoms with Crippen LogP contribution in [0.4, 0.5) is 5.00 Å². The van der Waals surface area contributed by atoms with E-state index in [1.807, 2.05) is 23.1 Å². The van der Waals surface area contributed by atoms with Crippen LogP contribution in [0.3, 0.4) is 0 Å². The topological polar surface area (TPSA) is 116 Å². The maximum atomic E-state index is 14.0. The Morgan fingerprint density at radius 2 is 1.69 bits per heavy atom. The van der Waals surface area contributed by atoms with Crippen LogP contribution >= 0.6 is 11.3 Å². The van der Waals surface area contributed by atoms with Crippen molar-refractivity contribution in [3.05, 3.63) is 81.7 Å². The van der Waals surface area contributed by atoms with Crippen molar-refractivity contribution in [2.45, 2.75) is 70.9 Å². The van der Waals surface area contributed by atoms with Crippen LogP contribution in [0.5, 0.6) is 0 Å². The molecule has 10 nitrogen and oxygen atoms in total. The number of carbonyl (C=O) groups is 3. The molecule has 5 rings (SSSR count). The molecule has 1 fully saturated rings. The second-order valence-corrected chi connectivity index (χ2v) is 15.4. The van der Waals surface area contributed by atoms with Gasteiger partial charge in [-0.15, -0.1) is 11.3 Å². The van der Waals surface area contributed by atoms with Crippen molar-refractivity contribution < 1.29 is 27.5 Å². The second-order valence-electron chi connectivity index (χ2n) is 12.4. The minimum absolute atomic E-state index is 0.0549. The zero-order chi connectivity index (χ0) is 34.3. The fraction of sp³-hybridized carbons (Fsp3) is 0.472. The molecule has 1 atom stereocenters. The molecule has 12 heteroatoms. The molecule has 1 saturated heterocycles. The van der Waals surface area contributed by atoms with Gasteiger partial charge < -0.3 is 15.0 Å². The van der Waals surface area contributed by atoms with Crippen LogP contribution in [0, 0.1) is 5.92 Å². The summed E-state index contributed by atoms with van der Waals surface area (Å²) in [5.74, 6) is -1.35. The summed E-state index contributed by atoms with van der Waals surface area (Å²) in [4.78, 5) is 45.3.